The first-order valence-corrected chi connectivity index (χ1v) is 6.17. The molecule has 0 radical (unpaired) electrons. The third kappa shape index (κ3) is 3.19. The number of Topliss-reactive ketones (excluding diaryl/α,β-unsaturated/α-hetero) is 1. The molecule has 0 spiro atoms. The first kappa shape index (κ1) is 13.7. The van der Waals surface area contributed by atoms with E-state index in [0.29, 0.717) is 13.1 Å². The zero-order chi connectivity index (χ0) is 13.8. The average molecular weight is 282 g/mol. The van der Waals surface area contributed by atoms with Crippen molar-refractivity contribution in [1.29, 1.82) is 0 Å². The van der Waals surface area contributed by atoms with E-state index in [1.807, 2.05) is 0 Å². The minimum atomic E-state index is -0.484. The summed E-state index contributed by atoms with van der Waals surface area (Å²) in [5.74, 6) is -0.759. The van der Waals surface area contributed by atoms with Crippen LogP contribution in [0.2, 0.25) is 5.02 Å². The Morgan fingerprint density at radius 1 is 1.47 bits per heavy atom. The summed E-state index contributed by atoms with van der Waals surface area (Å²) < 4.78 is 15.3. The number of nitrogens with two attached hydrogens (primary N) is 1. The predicted molar refractivity (Wildman–Crippen MR) is 70.7 cm³/mol. The van der Waals surface area contributed by atoms with E-state index in [9.17, 15) is 9.18 Å². The van der Waals surface area contributed by atoms with Gasteiger partial charge in [0.05, 0.1) is 6.33 Å². The van der Waals surface area contributed by atoms with Crippen molar-refractivity contribution in [2.24, 2.45) is 5.73 Å². The molecule has 0 saturated heterocycles. The number of benzene rings is 1. The number of halogens is 2. The highest BCUT2D eigenvalue weighted by molar-refractivity contribution is 6.31. The van der Waals surface area contributed by atoms with Gasteiger partial charge in [0.15, 0.2) is 5.78 Å². The number of imidazole rings is 1. The molecule has 0 fully saturated rings. The second-order valence-electron chi connectivity index (χ2n) is 4.09. The maximum absolute atomic E-state index is 13.6. The number of rotatable bonds is 5. The number of aromatic nitrogens is 2. The molecule has 1 heterocycles. The minimum Gasteiger partial charge on any atom is -0.335 e. The lowest BCUT2D eigenvalue weighted by Crippen LogP contribution is -2.09. The van der Waals surface area contributed by atoms with Crippen molar-refractivity contribution >= 4 is 17.4 Å². The zero-order valence-electron chi connectivity index (χ0n) is 10.1. The molecule has 0 unspecified atom stereocenters. The topological polar surface area (TPSA) is 60.9 Å². The maximum atomic E-state index is 13.6. The van der Waals surface area contributed by atoms with Gasteiger partial charge in [-0.15, -0.1) is 0 Å². The van der Waals surface area contributed by atoms with Gasteiger partial charge < -0.3 is 10.3 Å². The smallest absolute Gasteiger partial charge is 0.187 e. The van der Waals surface area contributed by atoms with Gasteiger partial charge in [-0.05, 0) is 12.1 Å². The van der Waals surface area contributed by atoms with Gasteiger partial charge in [0, 0.05) is 36.3 Å². The van der Waals surface area contributed by atoms with Crippen molar-refractivity contribution in [3.63, 3.8) is 0 Å². The van der Waals surface area contributed by atoms with Crippen LogP contribution in [0.15, 0.2) is 30.7 Å². The highest BCUT2D eigenvalue weighted by atomic mass is 35.5. The molecule has 2 N–H and O–H groups in total. The minimum absolute atomic E-state index is 0.106. The van der Waals surface area contributed by atoms with Gasteiger partial charge >= 0.3 is 0 Å². The quantitative estimate of drug-likeness (QED) is 0.854. The Kier molecular flexibility index (Phi) is 4.29. The normalized spacial score (nSPS) is 10.7. The first-order valence-electron chi connectivity index (χ1n) is 5.79. The fourth-order valence-corrected chi connectivity index (χ4v) is 1.96. The van der Waals surface area contributed by atoms with Gasteiger partial charge in [-0.2, -0.15) is 0 Å². The second-order valence-corrected chi connectivity index (χ2v) is 4.49. The molecule has 0 saturated carbocycles. The van der Waals surface area contributed by atoms with Gasteiger partial charge in [-0.1, -0.05) is 17.7 Å². The van der Waals surface area contributed by atoms with E-state index in [-0.39, 0.29) is 28.5 Å². The number of nitrogens with zero attached hydrogens (tertiary/aromatic N) is 2. The van der Waals surface area contributed by atoms with Crippen LogP contribution in [0.3, 0.4) is 0 Å². The van der Waals surface area contributed by atoms with E-state index in [1.54, 1.807) is 16.8 Å². The van der Waals surface area contributed by atoms with E-state index in [2.05, 4.69) is 4.98 Å². The van der Waals surface area contributed by atoms with Crippen molar-refractivity contribution in [1.82, 2.24) is 9.55 Å². The van der Waals surface area contributed by atoms with Gasteiger partial charge in [-0.3, -0.25) is 4.79 Å². The largest absolute Gasteiger partial charge is 0.335 e. The molecule has 2 rings (SSSR count). The van der Waals surface area contributed by atoms with Crippen LogP contribution < -0.4 is 5.73 Å². The molecule has 1 aromatic heterocycles. The van der Waals surface area contributed by atoms with Gasteiger partial charge in [0.25, 0.3) is 0 Å². The van der Waals surface area contributed by atoms with Crippen LogP contribution in [0.25, 0.3) is 0 Å². The van der Waals surface area contributed by atoms with Crippen molar-refractivity contribution in [2.45, 2.75) is 13.0 Å². The summed E-state index contributed by atoms with van der Waals surface area (Å²) in [5.41, 5.74) is 5.89. The fraction of sp³-hybridized carbons (Fsp3) is 0.231. The Bertz CT molecular complexity index is 577. The molecule has 0 aliphatic rings. The molecule has 100 valence electrons. The number of hydrogen-bond donors (Lipinski definition) is 1. The molecular formula is C13H13ClFN3O. The van der Waals surface area contributed by atoms with Gasteiger partial charge in [-0.25, -0.2) is 9.37 Å². The maximum Gasteiger partial charge on any atom is 0.187 e. The third-order valence-corrected chi connectivity index (χ3v) is 3.06. The van der Waals surface area contributed by atoms with Crippen molar-refractivity contribution in [3.8, 4) is 0 Å². The first-order chi connectivity index (χ1) is 9.11. The molecule has 0 bridgehead atoms. The predicted octanol–water partition coefficient (Wildman–Crippen LogP) is 2.06. The Balaban J connectivity index is 2.16. The summed E-state index contributed by atoms with van der Waals surface area (Å²) in [6.07, 6.45) is 3.03. The monoisotopic (exact) mass is 281 g/mol. The standard InChI is InChI=1S/C13H13ClFN3O/c14-10-2-1-3-11(15)9(10)6-13(19)12-7-18(5-4-16)8-17-12/h1-3,7-8H,4-6,16H2. The van der Waals surface area contributed by atoms with Crippen LogP contribution in [-0.4, -0.2) is 21.9 Å². The highest BCUT2D eigenvalue weighted by Crippen LogP contribution is 2.20. The molecule has 4 nitrogen and oxygen atoms in total. The van der Waals surface area contributed by atoms with E-state index >= 15 is 0 Å². The van der Waals surface area contributed by atoms with Crippen molar-refractivity contribution in [2.75, 3.05) is 6.54 Å². The summed E-state index contributed by atoms with van der Waals surface area (Å²) in [7, 11) is 0. The summed E-state index contributed by atoms with van der Waals surface area (Å²) in [5, 5.41) is 0.245. The second kappa shape index (κ2) is 5.95. The van der Waals surface area contributed by atoms with Crippen LogP contribution in [0.5, 0.6) is 0 Å². The lowest BCUT2D eigenvalue weighted by atomic mass is 10.1. The van der Waals surface area contributed by atoms with Crippen molar-refractivity contribution in [3.05, 3.63) is 52.8 Å². The number of carbonyl (C=O) groups is 1. The number of ketones is 1. The average Bonchev–Trinajstić information content (AvgIpc) is 2.83. The van der Waals surface area contributed by atoms with Crippen LogP contribution in [0.1, 0.15) is 16.1 Å². The summed E-state index contributed by atoms with van der Waals surface area (Å²) in [6, 6.07) is 4.34. The Morgan fingerprint density at radius 3 is 2.95 bits per heavy atom. The van der Waals surface area contributed by atoms with E-state index in [4.69, 9.17) is 17.3 Å². The molecule has 0 aliphatic heterocycles. The lowest BCUT2D eigenvalue weighted by Gasteiger charge is -2.03. The summed E-state index contributed by atoms with van der Waals surface area (Å²) >= 11 is 5.88. The Labute approximate surface area is 115 Å². The van der Waals surface area contributed by atoms with Crippen LogP contribution in [0.4, 0.5) is 4.39 Å². The van der Waals surface area contributed by atoms with Gasteiger partial charge in [0.1, 0.15) is 11.5 Å². The lowest BCUT2D eigenvalue weighted by molar-refractivity contribution is 0.0987. The molecule has 1 aromatic carbocycles. The van der Waals surface area contributed by atoms with E-state index in [1.165, 1.54) is 18.5 Å². The molecular weight excluding hydrogens is 269 g/mol. The van der Waals surface area contributed by atoms with Crippen LogP contribution >= 0.6 is 11.6 Å². The highest BCUT2D eigenvalue weighted by Gasteiger charge is 2.15. The summed E-state index contributed by atoms with van der Waals surface area (Å²) in [4.78, 5) is 16.0. The van der Waals surface area contributed by atoms with Crippen LogP contribution in [0, 0.1) is 5.82 Å². The molecule has 0 atom stereocenters. The number of hydrogen-bond acceptors (Lipinski definition) is 3. The molecule has 0 amide bonds. The molecule has 2 aromatic rings. The zero-order valence-corrected chi connectivity index (χ0v) is 10.9. The fourth-order valence-electron chi connectivity index (χ4n) is 1.73. The molecule has 0 aliphatic carbocycles. The third-order valence-electron chi connectivity index (χ3n) is 2.71. The Hall–Kier alpha value is -1.72. The Morgan fingerprint density at radius 2 is 2.26 bits per heavy atom. The van der Waals surface area contributed by atoms with Crippen molar-refractivity contribution < 1.29 is 9.18 Å². The van der Waals surface area contributed by atoms with Gasteiger partial charge in [0.2, 0.25) is 0 Å². The molecule has 19 heavy (non-hydrogen) atoms. The van der Waals surface area contributed by atoms with Crippen LogP contribution in [-0.2, 0) is 13.0 Å². The SMILES string of the molecule is NCCn1cnc(C(=O)Cc2c(F)cccc2Cl)c1. The van der Waals surface area contributed by atoms with E-state index in [0.717, 1.165) is 0 Å². The summed E-state index contributed by atoms with van der Waals surface area (Å²) in [6.45, 7) is 1.05. The molecule has 6 heteroatoms. The van der Waals surface area contributed by atoms with E-state index < -0.39 is 5.82 Å². The number of carbonyl (C=O) groups excluding carboxylic acids is 1.